The van der Waals surface area contributed by atoms with Gasteiger partial charge in [-0.2, -0.15) is 13.9 Å². The zero-order valence-electron chi connectivity index (χ0n) is 28.8. The van der Waals surface area contributed by atoms with Crippen LogP contribution in [0.5, 0.6) is 5.75 Å². The summed E-state index contributed by atoms with van der Waals surface area (Å²) in [6, 6.07) is 13.5. The fraction of sp³-hybridized carbons (Fsp3) is 0.421. The molecule has 0 saturated heterocycles. The van der Waals surface area contributed by atoms with E-state index in [1.54, 1.807) is 40.4 Å². The third kappa shape index (κ3) is 7.30. The van der Waals surface area contributed by atoms with Gasteiger partial charge in [0.15, 0.2) is 0 Å². The largest absolute Gasteiger partial charge is 0.493 e. The third-order valence-corrected chi connectivity index (χ3v) is 9.80. The summed E-state index contributed by atoms with van der Waals surface area (Å²) in [6.45, 7) is 3.07. The molecule has 0 fully saturated rings. The highest BCUT2D eigenvalue weighted by Gasteiger charge is 2.42. The molecule has 0 atom stereocenters. The van der Waals surface area contributed by atoms with Crippen molar-refractivity contribution < 1.29 is 36.2 Å². The lowest BCUT2D eigenvalue weighted by atomic mass is 9.96. The molecule has 0 unspecified atom stereocenters. The Kier molecular flexibility index (Phi) is 10.9. The van der Waals surface area contributed by atoms with Crippen molar-refractivity contribution in [3.8, 4) is 16.9 Å². The number of nitrogens with zero attached hydrogens (tertiary/aromatic N) is 4. The van der Waals surface area contributed by atoms with Gasteiger partial charge in [0.05, 0.1) is 36.0 Å². The zero-order valence-corrected chi connectivity index (χ0v) is 29.5. The molecule has 6 rings (SSSR count). The number of halogens is 6. The van der Waals surface area contributed by atoms with Crippen LogP contribution in [0.3, 0.4) is 0 Å². The molecular weight excluding hydrogens is 691 g/mol. The van der Waals surface area contributed by atoms with Crippen LogP contribution in [0.4, 0.5) is 22.0 Å². The van der Waals surface area contributed by atoms with Crippen molar-refractivity contribution in [2.45, 2.75) is 64.8 Å². The molecule has 0 saturated carbocycles. The van der Waals surface area contributed by atoms with Gasteiger partial charge >= 0.3 is 18.3 Å². The van der Waals surface area contributed by atoms with Crippen molar-refractivity contribution in [1.29, 1.82) is 0 Å². The molecule has 3 aromatic carbocycles. The first kappa shape index (κ1) is 36.6. The van der Waals surface area contributed by atoms with Crippen molar-refractivity contribution in [2.24, 2.45) is 7.05 Å². The fourth-order valence-electron chi connectivity index (χ4n) is 7.26. The van der Waals surface area contributed by atoms with Crippen LogP contribution < -0.4 is 4.74 Å². The normalized spacial score (nSPS) is 14.2. The number of carbonyl (C=O) groups excluding carboxylic acids is 1. The quantitative estimate of drug-likeness (QED) is 0.0772. The summed E-state index contributed by atoms with van der Waals surface area (Å²) in [7, 11) is 1.84. The summed E-state index contributed by atoms with van der Waals surface area (Å²) in [4.78, 5) is 15.2. The summed E-state index contributed by atoms with van der Waals surface area (Å²) >= 11 is 7.04. The second kappa shape index (κ2) is 15.2. The Labute approximate surface area is 297 Å². The first-order valence-electron chi connectivity index (χ1n) is 17.2. The molecule has 0 amide bonds. The van der Waals surface area contributed by atoms with Crippen LogP contribution in [0.25, 0.3) is 32.8 Å². The number of ether oxygens (including phenoxy) is 2. The lowest BCUT2D eigenvalue weighted by Crippen LogP contribution is -2.43. The van der Waals surface area contributed by atoms with Gasteiger partial charge in [0.25, 0.3) is 0 Å². The van der Waals surface area contributed by atoms with Gasteiger partial charge < -0.3 is 14.0 Å². The lowest BCUT2D eigenvalue weighted by molar-refractivity contribution is -0.142. The summed E-state index contributed by atoms with van der Waals surface area (Å²) in [6.07, 6.45) is -1.53. The first-order valence-corrected chi connectivity index (χ1v) is 17.6. The van der Waals surface area contributed by atoms with Crippen LogP contribution in [0.2, 0.25) is 5.02 Å². The van der Waals surface area contributed by atoms with Crippen molar-refractivity contribution in [1.82, 2.24) is 19.2 Å². The zero-order chi connectivity index (χ0) is 36.4. The van der Waals surface area contributed by atoms with E-state index in [0.29, 0.717) is 70.6 Å². The summed E-state index contributed by atoms with van der Waals surface area (Å²) in [5, 5.41) is 7.44. The molecule has 0 spiro atoms. The predicted octanol–water partition coefficient (Wildman–Crippen LogP) is 8.89. The highest BCUT2D eigenvalue weighted by atomic mass is 35.5. The first-order chi connectivity index (χ1) is 24.4. The number of fused-ring (bicyclic) bond motifs is 3. The standard InChI is InChI=1S/C38H40ClF5N4O3/c1-4-30-33-29(45-46(30)3)11-7-17-47(22-38(43,44)37(41)42)18-19-48-34-27(15-16-28(39)32(33)34)26(35(48)36(49)50-5-2)10-8-20-51-31-12-6-9-23-21-24(40)13-14-25(23)31/h6,9,12-16,21,37H,4-5,7-8,10-11,17-20,22H2,1-3H3. The number of benzene rings is 3. The number of aromatic nitrogens is 3. The van der Waals surface area contributed by atoms with Crippen molar-refractivity contribution >= 4 is 39.2 Å². The van der Waals surface area contributed by atoms with Gasteiger partial charge in [-0.15, -0.1) is 0 Å². The predicted molar refractivity (Wildman–Crippen MR) is 188 cm³/mol. The van der Waals surface area contributed by atoms with E-state index in [9.17, 15) is 26.7 Å². The minimum atomic E-state index is -4.22. The Hall–Kier alpha value is -4.16. The topological polar surface area (TPSA) is 61.5 Å². The molecule has 272 valence electrons. The Balaban J connectivity index is 1.47. The highest BCUT2D eigenvalue weighted by molar-refractivity contribution is 6.35. The van der Waals surface area contributed by atoms with Crippen molar-refractivity contribution in [3.05, 3.63) is 82.0 Å². The van der Waals surface area contributed by atoms with Crippen LogP contribution in [0.1, 0.15) is 54.1 Å². The van der Waals surface area contributed by atoms with Gasteiger partial charge in [0, 0.05) is 47.7 Å². The van der Waals surface area contributed by atoms with Gasteiger partial charge in [-0.05, 0) is 86.9 Å². The number of aryl methyl sites for hydroxylation is 3. The van der Waals surface area contributed by atoms with Gasteiger partial charge in [0.2, 0.25) is 0 Å². The van der Waals surface area contributed by atoms with Gasteiger partial charge in [-0.3, -0.25) is 9.58 Å². The van der Waals surface area contributed by atoms with Crippen LogP contribution in [-0.2, 0) is 37.6 Å². The van der Waals surface area contributed by atoms with E-state index in [2.05, 4.69) is 0 Å². The minimum Gasteiger partial charge on any atom is -0.493 e. The number of carbonyl (C=O) groups is 1. The average molecular weight is 731 g/mol. The maximum atomic E-state index is 14.5. The number of hydrogen-bond acceptors (Lipinski definition) is 5. The molecule has 7 nitrogen and oxygen atoms in total. The molecular formula is C38H40ClF5N4O3. The molecule has 51 heavy (non-hydrogen) atoms. The van der Waals surface area contributed by atoms with Crippen molar-refractivity contribution in [2.75, 3.05) is 32.8 Å². The second-order valence-corrected chi connectivity index (χ2v) is 13.2. The molecule has 0 bridgehead atoms. The molecule has 0 aliphatic carbocycles. The van der Waals surface area contributed by atoms with Gasteiger partial charge in [-0.1, -0.05) is 36.7 Å². The van der Waals surface area contributed by atoms with Crippen molar-refractivity contribution in [3.63, 3.8) is 0 Å². The smallest absolute Gasteiger partial charge is 0.355 e. The maximum absolute atomic E-state index is 14.5. The highest BCUT2D eigenvalue weighted by Crippen LogP contribution is 2.43. The molecule has 13 heteroatoms. The number of hydrogen-bond donors (Lipinski definition) is 0. The minimum absolute atomic E-state index is 0.0270. The average Bonchev–Trinajstić information content (AvgIpc) is 3.57. The summed E-state index contributed by atoms with van der Waals surface area (Å²) < 4.78 is 84.8. The number of rotatable bonds is 11. The monoisotopic (exact) mass is 730 g/mol. The second-order valence-electron chi connectivity index (χ2n) is 12.8. The molecule has 1 aliphatic heterocycles. The van der Waals surface area contributed by atoms with Crippen LogP contribution in [0, 0.1) is 5.82 Å². The molecule has 0 N–H and O–H groups in total. The Morgan fingerprint density at radius 1 is 1.04 bits per heavy atom. The third-order valence-electron chi connectivity index (χ3n) is 9.48. The molecule has 3 heterocycles. The van der Waals surface area contributed by atoms with E-state index in [1.807, 2.05) is 26.1 Å². The Bertz CT molecular complexity index is 2060. The molecule has 2 aromatic heterocycles. The fourth-order valence-corrected chi connectivity index (χ4v) is 7.51. The summed E-state index contributed by atoms with van der Waals surface area (Å²) in [5.74, 6) is -4.56. The van der Waals surface area contributed by atoms with Crippen LogP contribution in [-0.4, -0.2) is 70.4 Å². The van der Waals surface area contributed by atoms with Crippen LogP contribution >= 0.6 is 11.6 Å². The van der Waals surface area contributed by atoms with E-state index in [0.717, 1.165) is 22.0 Å². The van der Waals surface area contributed by atoms with Crippen LogP contribution in [0.15, 0.2) is 48.5 Å². The molecule has 1 aliphatic rings. The number of esters is 1. The SMILES string of the molecule is CCOC(=O)c1c(CCCOc2cccc3cc(F)ccc23)c2ccc(Cl)c3c2n1CCN(CC(F)(F)C(F)F)CCCc1nn(C)c(CC)c1-3. The maximum Gasteiger partial charge on any atom is 0.355 e. The van der Waals surface area contributed by atoms with E-state index in [-0.39, 0.29) is 44.4 Å². The van der Waals surface area contributed by atoms with E-state index in [4.69, 9.17) is 26.2 Å². The number of alkyl halides is 4. The molecule has 5 aromatic rings. The summed E-state index contributed by atoms with van der Waals surface area (Å²) in [5.41, 5.74) is 4.67. The van der Waals surface area contributed by atoms with E-state index < -0.39 is 24.9 Å². The van der Waals surface area contributed by atoms with Gasteiger partial charge in [0.1, 0.15) is 17.3 Å². The Morgan fingerprint density at radius 2 is 1.82 bits per heavy atom. The van der Waals surface area contributed by atoms with E-state index >= 15 is 0 Å². The van der Waals surface area contributed by atoms with Gasteiger partial charge in [-0.25, -0.2) is 18.0 Å². The van der Waals surface area contributed by atoms with E-state index in [1.165, 1.54) is 17.0 Å². The lowest BCUT2D eigenvalue weighted by Gasteiger charge is -2.27. The Morgan fingerprint density at radius 3 is 2.57 bits per heavy atom. The molecule has 0 radical (unpaired) electrons.